The number of ether oxygens (including phenoxy) is 1. The predicted molar refractivity (Wildman–Crippen MR) is 117 cm³/mol. The Morgan fingerprint density at radius 1 is 1.06 bits per heavy atom. The monoisotopic (exact) mass is 448 g/mol. The molecule has 3 aliphatic heterocycles. The van der Waals surface area contributed by atoms with Gasteiger partial charge in [-0.05, 0) is 65.2 Å². The summed E-state index contributed by atoms with van der Waals surface area (Å²) in [5.74, 6) is 0.0792. The minimum Gasteiger partial charge on any atom is -0.444 e. The van der Waals surface area contributed by atoms with E-state index in [9.17, 15) is 19.2 Å². The summed E-state index contributed by atoms with van der Waals surface area (Å²) in [7, 11) is 0. The van der Waals surface area contributed by atoms with Crippen molar-refractivity contribution in [1.82, 2.24) is 20.0 Å². The molecule has 4 aliphatic rings. The highest BCUT2D eigenvalue weighted by molar-refractivity contribution is 6.09. The fraction of sp³-hybridized carbons (Fsp3) is 0.826. The molecule has 1 N–H and O–H groups in total. The molecule has 0 aromatic heterocycles. The van der Waals surface area contributed by atoms with Crippen LogP contribution >= 0.6 is 0 Å². The van der Waals surface area contributed by atoms with E-state index in [1.807, 2.05) is 20.8 Å². The molecule has 0 aromatic rings. The number of likely N-dealkylation sites (tertiary alicyclic amines) is 2. The van der Waals surface area contributed by atoms with Crippen molar-refractivity contribution in [2.24, 2.45) is 11.3 Å². The first kappa shape index (κ1) is 22.9. The highest BCUT2D eigenvalue weighted by Gasteiger charge is 2.54. The number of nitrogens with zero attached hydrogens (tertiary/aromatic N) is 3. The minimum absolute atomic E-state index is 0.122. The van der Waals surface area contributed by atoms with Crippen molar-refractivity contribution in [1.29, 1.82) is 0 Å². The number of amides is 5. The SMILES string of the molecule is CC1CCC2(CC1)NC(=O)N(CC(=O)N1CC3(CCCN(C(=O)OC(C)(C)C)C3)C1)C2=O. The van der Waals surface area contributed by atoms with E-state index in [2.05, 4.69) is 12.2 Å². The van der Waals surface area contributed by atoms with Crippen LogP contribution in [0.3, 0.4) is 0 Å². The number of carbonyl (C=O) groups is 4. The third-order valence-electron chi connectivity index (χ3n) is 7.39. The van der Waals surface area contributed by atoms with E-state index in [1.54, 1.807) is 9.80 Å². The minimum atomic E-state index is -0.822. The van der Waals surface area contributed by atoms with E-state index in [0.29, 0.717) is 44.9 Å². The van der Waals surface area contributed by atoms with Gasteiger partial charge in [-0.25, -0.2) is 9.59 Å². The molecule has 5 amide bonds. The molecule has 3 saturated heterocycles. The van der Waals surface area contributed by atoms with Gasteiger partial charge >= 0.3 is 12.1 Å². The Kier molecular flexibility index (Phi) is 5.66. The summed E-state index contributed by atoms with van der Waals surface area (Å²) < 4.78 is 5.50. The Balaban J connectivity index is 1.31. The van der Waals surface area contributed by atoms with E-state index >= 15 is 0 Å². The molecule has 9 heteroatoms. The Hall–Kier alpha value is -2.32. The Morgan fingerprint density at radius 3 is 2.31 bits per heavy atom. The quantitative estimate of drug-likeness (QED) is 0.654. The smallest absolute Gasteiger partial charge is 0.410 e. The zero-order chi connectivity index (χ0) is 23.3. The highest BCUT2D eigenvalue weighted by Crippen LogP contribution is 2.40. The average molecular weight is 449 g/mol. The van der Waals surface area contributed by atoms with Crippen LogP contribution in [-0.2, 0) is 14.3 Å². The third kappa shape index (κ3) is 4.30. The fourth-order valence-electron chi connectivity index (χ4n) is 5.54. The second-order valence-electron chi connectivity index (χ2n) is 11.3. The molecule has 9 nitrogen and oxygen atoms in total. The normalized spacial score (nSPS) is 29.9. The molecule has 32 heavy (non-hydrogen) atoms. The molecule has 178 valence electrons. The Morgan fingerprint density at radius 2 is 1.69 bits per heavy atom. The summed E-state index contributed by atoms with van der Waals surface area (Å²) in [4.78, 5) is 55.4. The van der Waals surface area contributed by atoms with Gasteiger partial charge in [0.05, 0.1) is 0 Å². The summed E-state index contributed by atoms with van der Waals surface area (Å²) in [6.07, 6.45) is 4.57. The molecule has 4 rings (SSSR count). The van der Waals surface area contributed by atoms with Crippen molar-refractivity contribution < 1.29 is 23.9 Å². The highest BCUT2D eigenvalue weighted by atomic mass is 16.6. The number of hydrogen-bond acceptors (Lipinski definition) is 5. The molecular formula is C23H36N4O5. The lowest BCUT2D eigenvalue weighted by Gasteiger charge is -2.54. The first-order valence-corrected chi connectivity index (χ1v) is 11.8. The van der Waals surface area contributed by atoms with Crippen LogP contribution in [-0.4, -0.2) is 82.5 Å². The number of hydrogen-bond donors (Lipinski definition) is 1. The standard InChI is InChI=1S/C23H36N4O5/c1-16-6-9-23(10-7-16)18(29)27(19(30)24-23)12-17(28)26-14-22(15-26)8-5-11-25(13-22)20(31)32-21(2,3)4/h16H,5-15H2,1-4H3,(H,24,30). The van der Waals surface area contributed by atoms with Crippen LogP contribution in [0.2, 0.25) is 0 Å². The lowest BCUT2D eigenvalue weighted by Crippen LogP contribution is -2.66. The lowest BCUT2D eigenvalue weighted by molar-refractivity contribution is -0.150. The van der Waals surface area contributed by atoms with Gasteiger partial charge in [-0.1, -0.05) is 6.92 Å². The number of rotatable bonds is 2. The molecule has 1 saturated carbocycles. The van der Waals surface area contributed by atoms with Gasteiger partial charge in [0.15, 0.2) is 0 Å². The van der Waals surface area contributed by atoms with E-state index in [4.69, 9.17) is 4.74 Å². The maximum Gasteiger partial charge on any atom is 0.410 e. The largest absolute Gasteiger partial charge is 0.444 e. The first-order valence-electron chi connectivity index (χ1n) is 11.8. The van der Waals surface area contributed by atoms with Crippen LogP contribution in [0.4, 0.5) is 9.59 Å². The Bertz CT molecular complexity index is 806. The molecule has 0 atom stereocenters. The Labute approximate surface area is 189 Å². The zero-order valence-corrected chi connectivity index (χ0v) is 19.7. The predicted octanol–water partition coefficient (Wildman–Crippen LogP) is 2.35. The second kappa shape index (κ2) is 7.92. The molecular weight excluding hydrogens is 412 g/mol. The zero-order valence-electron chi connectivity index (χ0n) is 19.7. The number of nitrogens with one attached hydrogen (secondary N) is 1. The second-order valence-corrected chi connectivity index (χ2v) is 11.3. The van der Waals surface area contributed by atoms with Crippen LogP contribution in [0.5, 0.6) is 0 Å². The topological polar surface area (TPSA) is 99.3 Å². The number of urea groups is 1. The molecule has 0 bridgehead atoms. The van der Waals surface area contributed by atoms with Crippen LogP contribution < -0.4 is 5.32 Å². The maximum absolute atomic E-state index is 13.0. The van der Waals surface area contributed by atoms with E-state index < -0.39 is 17.2 Å². The van der Waals surface area contributed by atoms with Gasteiger partial charge < -0.3 is 19.9 Å². The van der Waals surface area contributed by atoms with Gasteiger partial charge in [-0.2, -0.15) is 0 Å². The molecule has 3 heterocycles. The summed E-state index contributed by atoms with van der Waals surface area (Å²) in [5, 5.41) is 2.87. The van der Waals surface area contributed by atoms with Crippen molar-refractivity contribution >= 4 is 23.9 Å². The van der Waals surface area contributed by atoms with Gasteiger partial charge in [0.1, 0.15) is 17.7 Å². The van der Waals surface area contributed by atoms with E-state index in [-0.39, 0.29) is 29.9 Å². The van der Waals surface area contributed by atoms with Gasteiger partial charge in [-0.15, -0.1) is 0 Å². The maximum atomic E-state index is 13.0. The molecule has 4 fully saturated rings. The van der Waals surface area contributed by atoms with Crippen LogP contribution in [0.25, 0.3) is 0 Å². The number of piperidine rings is 1. The molecule has 0 radical (unpaired) electrons. The van der Waals surface area contributed by atoms with Gasteiger partial charge in [0.2, 0.25) is 5.91 Å². The number of carbonyl (C=O) groups excluding carboxylic acids is 4. The van der Waals surface area contributed by atoms with Gasteiger partial charge in [-0.3, -0.25) is 14.5 Å². The van der Waals surface area contributed by atoms with Crippen molar-refractivity contribution in [3.63, 3.8) is 0 Å². The third-order valence-corrected chi connectivity index (χ3v) is 7.39. The molecule has 2 spiro atoms. The summed E-state index contributed by atoms with van der Waals surface area (Å²) in [5.41, 5.74) is -1.49. The van der Waals surface area contributed by atoms with Crippen molar-refractivity contribution in [3.05, 3.63) is 0 Å². The molecule has 1 aliphatic carbocycles. The molecule has 0 unspecified atom stereocenters. The van der Waals surface area contributed by atoms with Crippen molar-refractivity contribution in [2.75, 3.05) is 32.7 Å². The molecule has 0 aromatic carbocycles. The van der Waals surface area contributed by atoms with E-state index in [1.165, 1.54) is 0 Å². The van der Waals surface area contributed by atoms with Crippen molar-refractivity contribution in [2.45, 2.75) is 77.4 Å². The summed E-state index contributed by atoms with van der Waals surface area (Å²) in [6, 6.07) is -0.457. The first-order chi connectivity index (χ1) is 14.9. The fourth-order valence-corrected chi connectivity index (χ4v) is 5.54. The van der Waals surface area contributed by atoms with Crippen molar-refractivity contribution in [3.8, 4) is 0 Å². The van der Waals surface area contributed by atoms with Gasteiger partial charge in [0, 0.05) is 31.6 Å². The average Bonchev–Trinajstić information content (AvgIpc) is 2.91. The van der Waals surface area contributed by atoms with Crippen LogP contribution in [0, 0.1) is 11.3 Å². The van der Waals surface area contributed by atoms with Gasteiger partial charge in [0.25, 0.3) is 5.91 Å². The van der Waals surface area contributed by atoms with Crippen LogP contribution in [0.15, 0.2) is 0 Å². The van der Waals surface area contributed by atoms with E-state index in [0.717, 1.165) is 30.6 Å². The number of imide groups is 1. The summed E-state index contributed by atoms with van der Waals surface area (Å²) >= 11 is 0. The lowest BCUT2D eigenvalue weighted by atomic mass is 9.73. The summed E-state index contributed by atoms with van der Waals surface area (Å²) in [6.45, 7) is 9.80. The van der Waals surface area contributed by atoms with Crippen LogP contribution in [0.1, 0.15) is 66.2 Å².